The number of carbonyl (C=O) groups excluding carboxylic acids is 3. The second kappa shape index (κ2) is 10.8. The van der Waals surface area contributed by atoms with Gasteiger partial charge in [0.15, 0.2) is 0 Å². The highest BCUT2D eigenvalue weighted by atomic mass is 16.5. The first kappa shape index (κ1) is 21.2. The van der Waals surface area contributed by atoms with E-state index >= 15 is 0 Å². The predicted octanol–water partition coefficient (Wildman–Crippen LogP) is 2.09. The summed E-state index contributed by atoms with van der Waals surface area (Å²) in [6.07, 6.45) is 1.49. The zero-order chi connectivity index (χ0) is 21.2. The number of carbonyl (C=O) groups is 3. The lowest BCUT2D eigenvalue weighted by Crippen LogP contribution is -2.41. The molecule has 0 radical (unpaired) electrons. The van der Waals surface area contributed by atoms with Gasteiger partial charge in [0.1, 0.15) is 24.7 Å². The van der Waals surface area contributed by atoms with Crippen molar-refractivity contribution in [2.24, 2.45) is 0 Å². The van der Waals surface area contributed by atoms with Gasteiger partial charge in [0.2, 0.25) is 5.91 Å². The maximum absolute atomic E-state index is 11.8. The van der Waals surface area contributed by atoms with Crippen molar-refractivity contribution in [1.29, 1.82) is 0 Å². The standard InChI is InChI=1S/C22H25N3O5/c26-20(15-25-21(27)14-24-22(25)28)23-12-4-5-13-29-18-8-10-19(11-9-18)30-16-17-6-2-1-3-7-17/h1-3,6-11H,4-5,12-16H2,(H,23,26)(H,24,28). The molecule has 3 rings (SSSR count). The SMILES string of the molecule is O=C(CN1C(=O)CNC1=O)NCCCCOc1ccc(OCc2ccccc2)cc1. The molecule has 1 heterocycles. The molecular weight excluding hydrogens is 386 g/mol. The minimum absolute atomic E-state index is 0.0520. The van der Waals surface area contributed by atoms with Gasteiger partial charge in [0.05, 0.1) is 13.2 Å². The highest BCUT2D eigenvalue weighted by Gasteiger charge is 2.29. The fraction of sp³-hybridized carbons (Fsp3) is 0.318. The van der Waals surface area contributed by atoms with Gasteiger partial charge in [-0.15, -0.1) is 0 Å². The lowest BCUT2D eigenvalue weighted by atomic mass is 10.2. The number of nitrogens with zero attached hydrogens (tertiary/aromatic N) is 1. The lowest BCUT2D eigenvalue weighted by Gasteiger charge is -2.12. The number of rotatable bonds is 11. The molecule has 0 saturated carbocycles. The number of urea groups is 1. The lowest BCUT2D eigenvalue weighted by molar-refractivity contribution is -0.130. The number of hydrogen-bond donors (Lipinski definition) is 2. The number of nitrogens with one attached hydrogen (secondary N) is 2. The van der Waals surface area contributed by atoms with E-state index in [4.69, 9.17) is 9.47 Å². The average molecular weight is 411 g/mol. The topological polar surface area (TPSA) is 97.0 Å². The van der Waals surface area contributed by atoms with E-state index in [0.29, 0.717) is 19.8 Å². The Bertz CT molecular complexity index is 839. The zero-order valence-corrected chi connectivity index (χ0v) is 16.6. The summed E-state index contributed by atoms with van der Waals surface area (Å²) in [6.45, 7) is 1.19. The van der Waals surface area contributed by atoms with Crippen LogP contribution in [-0.2, 0) is 16.2 Å². The molecule has 8 nitrogen and oxygen atoms in total. The van der Waals surface area contributed by atoms with Crippen LogP contribution in [0.4, 0.5) is 4.79 Å². The summed E-state index contributed by atoms with van der Waals surface area (Å²) in [5, 5.41) is 5.07. The number of imide groups is 1. The van der Waals surface area contributed by atoms with Crippen LogP contribution in [0.3, 0.4) is 0 Å². The van der Waals surface area contributed by atoms with Gasteiger partial charge in [0.25, 0.3) is 5.91 Å². The van der Waals surface area contributed by atoms with Gasteiger partial charge in [-0.3, -0.25) is 14.5 Å². The van der Waals surface area contributed by atoms with E-state index in [0.717, 1.165) is 34.8 Å². The molecule has 1 saturated heterocycles. The van der Waals surface area contributed by atoms with E-state index in [9.17, 15) is 14.4 Å². The minimum Gasteiger partial charge on any atom is -0.494 e. The van der Waals surface area contributed by atoms with Crippen molar-refractivity contribution in [3.8, 4) is 11.5 Å². The predicted molar refractivity (Wildman–Crippen MR) is 110 cm³/mol. The third-order valence-corrected chi connectivity index (χ3v) is 4.47. The number of ether oxygens (including phenoxy) is 2. The maximum Gasteiger partial charge on any atom is 0.325 e. The second-order valence-electron chi connectivity index (χ2n) is 6.79. The molecule has 0 atom stereocenters. The van der Waals surface area contributed by atoms with Crippen LogP contribution in [0, 0.1) is 0 Å². The summed E-state index contributed by atoms with van der Waals surface area (Å²) >= 11 is 0. The summed E-state index contributed by atoms with van der Waals surface area (Å²) in [6, 6.07) is 16.9. The molecule has 4 amide bonds. The second-order valence-corrected chi connectivity index (χ2v) is 6.79. The van der Waals surface area contributed by atoms with Crippen molar-refractivity contribution in [2.45, 2.75) is 19.4 Å². The molecule has 0 unspecified atom stereocenters. The van der Waals surface area contributed by atoms with Gasteiger partial charge in [-0.2, -0.15) is 0 Å². The van der Waals surface area contributed by atoms with Gasteiger partial charge in [-0.05, 0) is 42.7 Å². The van der Waals surface area contributed by atoms with Crippen LogP contribution in [0.2, 0.25) is 0 Å². The van der Waals surface area contributed by atoms with Crippen LogP contribution in [0.5, 0.6) is 11.5 Å². The maximum atomic E-state index is 11.8. The van der Waals surface area contributed by atoms with Gasteiger partial charge < -0.3 is 20.1 Å². The summed E-state index contributed by atoms with van der Waals surface area (Å²) in [7, 11) is 0. The van der Waals surface area contributed by atoms with E-state index in [1.807, 2.05) is 54.6 Å². The Morgan fingerprint density at radius 1 is 0.967 bits per heavy atom. The summed E-state index contributed by atoms with van der Waals surface area (Å²) < 4.78 is 11.4. The van der Waals surface area contributed by atoms with Crippen LogP contribution < -0.4 is 20.1 Å². The highest BCUT2D eigenvalue weighted by molar-refractivity contribution is 6.04. The Morgan fingerprint density at radius 2 is 1.67 bits per heavy atom. The number of benzene rings is 2. The molecule has 158 valence electrons. The first-order valence-corrected chi connectivity index (χ1v) is 9.86. The Morgan fingerprint density at radius 3 is 2.33 bits per heavy atom. The minimum atomic E-state index is -0.528. The summed E-state index contributed by atoms with van der Waals surface area (Å²) in [5.41, 5.74) is 1.11. The van der Waals surface area contributed by atoms with Crippen molar-refractivity contribution < 1.29 is 23.9 Å². The Hall–Kier alpha value is -3.55. The Balaban J connectivity index is 1.26. The first-order valence-electron chi connectivity index (χ1n) is 9.86. The van der Waals surface area contributed by atoms with Crippen molar-refractivity contribution >= 4 is 17.8 Å². The van der Waals surface area contributed by atoms with Crippen LogP contribution >= 0.6 is 0 Å². The van der Waals surface area contributed by atoms with Gasteiger partial charge in [-0.25, -0.2) is 4.79 Å². The molecule has 2 aromatic carbocycles. The molecule has 0 aliphatic carbocycles. The average Bonchev–Trinajstić information content (AvgIpc) is 3.08. The molecule has 1 fully saturated rings. The van der Waals surface area contributed by atoms with E-state index in [2.05, 4.69) is 10.6 Å². The molecular formula is C22H25N3O5. The molecule has 1 aliphatic rings. The monoisotopic (exact) mass is 411 g/mol. The van der Waals surface area contributed by atoms with Crippen LogP contribution in [0.1, 0.15) is 18.4 Å². The van der Waals surface area contributed by atoms with E-state index in [-0.39, 0.29) is 24.9 Å². The van der Waals surface area contributed by atoms with Gasteiger partial charge in [-0.1, -0.05) is 30.3 Å². The number of hydrogen-bond acceptors (Lipinski definition) is 5. The van der Waals surface area contributed by atoms with E-state index in [1.165, 1.54) is 0 Å². The molecule has 0 spiro atoms. The fourth-order valence-electron chi connectivity index (χ4n) is 2.83. The van der Waals surface area contributed by atoms with Gasteiger partial charge >= 0.3 is 6.03 Å². The Labute approximate surface area is 175 Å². The third kappa shape index (κ3) is 6.51. The van der Waals surface area contributed by atoms with Crippen LogP contribution in [0.15, 0.2) is 54.6 Å². The van der Waals surface area contributed by atoms with E-state index < -0.39 is 6.03 Å². The normalized spacial score (nSPS) is 13.1. The molecule has 0 aromatic heterocycles. The van der Waals surface area contributed by atoms with Crippen molar-refractivity contribution in [3.05, 3.63) is 60.2 Å². The van der Waals surface area contributed by atoms with Crippen molar-refractivity contribution in [3.63, 3.8) is 0 Å². The summed E-state index contributed by atoms with van der Waals surface area (Å²) in [5.74, 6) is 0.788. The molecule has 2 N–H and O–H groups in total. The number of amides is 4. The molecule has 30 heavy (non-hydrogen) atoms. The Kier molecular flexibility index (Phi) is 7.65. The van der Waals surface area contributed by atoms with Crippen molar-refractivity contribution in [2.75, 3.05) is 26.2 Å². The summed E-state index contributed by atoms with van der Waals surface area (Å²) in [4.78, 5) is 35.5. The highest BCUT2D eigenvalue weighted by Crippen LogP contribution is 2.19. The van der Waals surface area contributed by atoms with E-state index in [1.54, 1.807) is 0 Å². The van der Waals surface area contributed by atoms with Gasteiger partial charge in [0, 0.05) is 6.54 Å². The first-order chi connectivity index (χ1) is 14.6. The zero-order valence-electron chi connectivity index (χ0n) is 16.6. The quantitative estimate of drug-likeness (QED) is 0.436. The van der Waals surface area contributed by atoms with Crippen LogP contribution in [0.25, 0.3) is 0 Å². The van der Waals surface area contributed by atoms with Crippen LogP contribution in [-0.4, -0.2) is 49.0 Å². The van der Waals surface area contributed by atoms with Crippen molar-refractivity contribution in [1.82, 2.24) is 15.5 Å². The molecule has 0 bridgehead atoms. The third-order valence-electron chi connectivity index (χ3n) is 4.47. The fourth-order valence-corrected chi connectivity index (χ4v) is 2.83. The molecule has 2 aromatic rings. The molecule has 1 aliphatic heterocycles. The smallest absolute Gasteiger partial charge is 0.325 e. The molecule has 8 heteroatoms. The number of unbranched alkanes of at least 4 members (excludes halogenated alkanes) is 1. The largest absolute Gasteiger partial charge is 0.494 e.